The molecule has 0 unspecified atom stereocenters. The number of aromatic carboxylic acids is 1. The number of carboxylic acid groups (broad SMARTS) is 1. The minimum atomic E-state index is -1.16. The Bertz CT molecular complexity index is 593. The Morgan fingerprint density at radius 1 is 1.41 bits per heavy atom. The second-order valence-electron chi connectivity index (χ2n) is 3.46. The van der Waals surface area contributed by atoms with E-state index in [1.807, 2.05) is 0 Å². The van der Waals surface area contributed by atoms with Crippen molar-refractivity contribution in [1.29, 1.82) is 0 Å². The largest absolute Gasteiger partial charge is 0.477 e. The molecule has 0 aliphatic carbocycles. The standard InChI is InChI=1S/C11H8F2N2O2/c1-15-9(11(16)17)5-14-10(15)7-3-2-6(12)4-8(7)13/h2-5H,1H3,(H,16,17). The van der Waals surface area contributed by atoms with Crippen molar-refractivity contribution in [3.05, 3.63) is 41.7 Å². The van der Waals surface area contributed by atoms with Crippen molar-refractivity contribution in [3.63, 3.8) is 0 Å². The van der Waals surface area contributed by atoms with E-state index in [1.165, 1.54) is 17.7 Å². The fourth-order valence-corrected chi connectivity index (χ4v) is 1.53. The Morgan fingerprint density at radius 3 is 2.65 bits per heavy atom. The zero-order valence-corrected chi connectivity index (χ0v) is 8.82. The molecule has 2 aromatic rings. The highest BCUT2D eigenvalue weighted by atomic mass is 19.1. The number of carboxylic acids is 1. The zero-order chi connectivity index (χ0) is 12.6. The zero-order valence-electron chi connectivity index (χ0n) is 8.82. The van der Waals surface area contributed by atoms with Gasteiger partial charge in [-0.2, -0.15) is 0 Å². The molecule has 0 saturated carbocycles. The van der Waals surface area contributed by atoms with Crippen molar-refractivity contribution < 1.29 is 18.7 Å². The van der Waals surface area contributed by atoms with Gasteiger partial charge in [0.25, 0.3) is 0 Å². The third kappa shape index (κ3) is 1.89. The van der Waals surface area contributed by atoms with Gasteiger partial charge in [-0.3, -0.25) is 0 Å². The third-order valence-corrected chi connectivity index (χ3v) is 2.38. The third-order valence-electron chi connectivity index (χ3n) is 2.38. The van der Waals surface area contributed by atoms with E-state index in [-0.39, 0.29) is 17.1 Å². The summed E-state index contributed by atoms with van der Waals surface area (Å²) < 4.78 is 27.5. The monoisotopic (exact) mass is 238 g/mol. The van der Waals surface area contributed by atoms with Crippen molar-refractivity contribution in [2.24, 2.45) is 7.05 Å². The van der Waals surface area contributed by atoms with Crippen LogP contribution in [0.5, 0.6) is 0 Å². The second-order valence-corrected chi connectivity index (χ2v) is 3.46. The first kappa shape index (κ1) is 11.3. The Balaban J connectivity index is 2.57. The maximum atomic E-state index is 13.5. The van der Waals surface area contributed by atoms with Crippen LogP contribution in [0.15, 0.2) is 24.4 Å². The van der Waals surface area contributed by atoms with Crippen LogP contribution in [0.2, 0.25) is 0 Å². The lowest BCUT2D eigenvalue weighted by atomic mass is 10.2. The van der Waals surface area contributed by atoms with E-state index >= 15 is 0 Å². The molecule has 2 rings (SSSR count). The summed E-state index contributed by atoms with van der Waals surface area (Å²) in [6.45, 7) is 0. The molecule has 0 spiro atoms. The van der Waals surface area contributed by atoms with Crippen LogP contribution < -0.4 is 0 Å². The van der Waals surface area contributed by atoms with Crippen molar-refractivity contribution in [3.8, 4) is 11.4 Å². The predicted molar refractivity (Wildman–Crippen MR) is 55.5 cm³/mol. The molecule has 17 heavy (non-hydrogen) atoms. The van der Waals surface area contributed by atoms with Crippen LogP contribution in [0.25, 0.3) is 11.4 Å². The number of carbonyl (C=O) groups is 1. The van der Waals surface area contributed by atoms with Crippen LogP contribution >= 0.6 is 0 Å². The van der Waals surface area contributed by atoms with E-state index in [4.69, 9.17) is 5.11 Å². The van der Waals surface area contributed by atoms with Gasteiger partial charge in [0.05, 0.1) is 11.8 Å². The number of aromatic nitrogens is 2. The van der Waals surface area contributed by atoms with Crippen LogP contribution in [-0.4, -0.2) is 20.6 Å². The first-order valence-corrected chi connectivity index (χ1v) is 4.71. The second kappa shape index (κ2) is 3.97. The molecule has 1 N–H and O–H groups in total. The lowest BCUT2D eigenvalue weighted by Crippen LogP contribution is -2.05. The molecule has 0 amide bonds. The average molecular weight is 238 g/mol. The molecule has 1 aromatic heterocycles. The first-order chi connectivity index (χ1) is 8.00. The molecule has 4 nitrogen and oxygen atoms in total. The topological polar surface area (TPSA) is 55.1 Å². The number of hydrogen-bond acceptors (Lipinski definition) is 2. The fraction of sp³-hybridized carbons (Fsp3) is 0.0909. The molecule has 0 saturated heterocycles. The number of nitrogens with zero attached hydrogens (tertiary/aromatic N) is 2. The summed E-state index contributed by atoms with van der Waals surface area (Å²) in [4.78, 5) is 14.6. The molecule has 88 valence electrons. The van der Waals surface area contributed by atoms with Gasteiger partial charge in [-0.25, -0.2) is 18.6 Å². The number of rotatable bonds is 2. The SMILES string of the molecule is Cn1c(C(=O)O)cnc1-c1ccc(F)cc1F. The predicted octanol–water partition coefficient (Wildman–Crippen LogP) is 2.06. The summed E-state index contributed by atoms with van der Waals surface area (Å²) in [5.41, 5.74) is -0.00914. The highest BCUT2D eigenvalue weighted by molar-refractivity contribution is 5.86. The van der Waals surface area contributed by atoms with E-state index in [2.05, 4.69) is 4.98 Å². The maximum absolute atomic E-state index is 13.5. The van der Waals surface area contributed by atoms with E-state index in [1.54, 1.807) is 0 Å². The first-order valence-electron chi connectivity index (χ1n) is 4.71. The van der Waals surface area contributed by atoms with E-state index in [0.29, 0.717) is 0 Å². The van der Waals surface area contributed by atoms with Crippen LogP contribution in [-0.2, 0) is 7.05 Å². The average Bonchev–Trinajstić information content (AvgIpc) is 2.60. The fourth-order valence-electron chi connectivity index (χ4n) is 1.53. The quantitative estimate of drug-likeness (QED) is 0.871. The highest BCUT2D eigenvalue weighted by Gasteiger charge is 2.16. The van der Waals surface area contributed by atoms with Gasteiger partial charge in [0.1, 0.15) is 23.2 Å². The molecule has 6 heteroatoms. The molecule has 0 atom stereocenters. The number of benzene rings is 1. The Hall–Kier alpha value is -2.24. The summed E-state index contributed by atoms with van der Waals surface area (Å²) in [7, 11) is 1.45. The molecule has 1 heterocycles. The van der Waals surface area contributed by atoms with Gasteiger partial charge in [0, 0.05) is 13.1 Å². The minimum Gasteiger partial charge on any atom is -0.477 e. The Morgan fingerprint density at radius 2 is 2.12 bits per heavy atom. The number of hydrogen-bond donors (Lipinski definition) is 1. The van der Waals surface area contributed by atoms with Crippen molar-refractivity contribution >= 4 is 5.97 Å². The molecule has 0 aliphatic rings. The number of halogens is 2. The molecular formula is C11H8F2N2O2. The van der Waals surface area contributed by atoms with E-state index < -0.39 is 17.6 Å². The molecular weight excluding hydrogens is 230 g/mol. The molecule has 1 aromatic carbocycles. The Kier molecular flexibility index (Phi) is 2.63. The van der Waals surface area contributed by atoms with Gasteiger partial charge >= 0.3 is 5.97 Å². The van der Waals surface area contributed by atoms with Crippen molar-refractivity contribution in [2.75, 3.05) is 0 Å². The minimum absolute atomic E-state index is 0.0569. The van der Waals surface area contributed by atoms with Gasteiger partial charge in [-0.15, -0.1) is 0 Å². The van der Waals surface area contributed by atoms with Gasteiger partial charge in [-0.1, -0.05) is 0 Å². The molecule has 0 aliphatic heterocycles. The van der Waals surface area contributed by atoms with Crippen LogP contribution in [0, 0.1) is 11.6 Å². The van der Waals surface area contributed by atoms with E-state index in [9.17, 15) is 13.6 Å². The normalized spacial score (nSPS) is 10.5. The maximum Gasteiger partial charge on any atom is 0.354 e. The summed E-state index contributed by atoms with van der Waals surface area (Å²) in [6, 6.07) is 3.04. The smallest absolute Gasteiger partial charge is 0.354 e. The summed E-state index contributed by atoms with van der Waals surface area (Å²) in [6.07, 6.45) is 1.13. The molecule has 0 fully saturated rings. The van der Waals surface area contributed by atoms with Gasteiger partial charge < -0.3 is 9.67 Å². The lowest BCUT2D eigenvalue weighted by molar-refractivity contribution is 0.0686. The molecule has 0 bridgehead atoms. The highest BCUT2D eigenvalue weighted by Crippen LogP contribution is 2.22. The number of imidazole rings is 1. The van der Waals surface area contributed by atoms with Gasteiger partial charge in [0.15, 0.2) is 0 Å². The van der Waals surface area contributed by atoms with Crippen LogP contribution in [0.3, 0.4) is 0 Å². The van der Waals surface area contributed by atoms with Crippen LogP contribution in [0.4, 0.5) is 8.78 Å². The summed E-state index contributed by atoms with van der Waals surface area (Å²) in [5.74, 6) is -2.50. The van der Waals surface area contributed by atoms with Gasteiger partial charge in [0.2, 0.25) is 0 Å². The summed E-state index contributed by atoms with van der Waals surface area (Å²) >= 11 is 0. The van der Waals surface area contributed by atoms with Crippen molar-refractivity contribution in [2.45, 2.75) is 0 Å². The van der Waals surface area contributed by atoms with E-state index in [0.717, 1.165) is 18.3 Å². The van der Waals surface area contributed by atoms with Crippen LogP contribution in [0.1, 0.15) is 10.5 Å². The van der Waals surface area contributed by atoms with Crippen molar-refractivity contribution in [1.82, 2.24) is 9.55 Å². The lowest BCUT2D eigenvalue weighted by Gasteiger charge is -2.04. The summed E-state index contributed by atoms with van der Waals surface area (Å²) in [5, 5.41) is 8.82. The Labute approximate surface area is 95.1 Å². The van der Waals surface area contributed by atoms with Gasteiger partial charge in [-0.05, 0) is 12.1 Å². The molecule has 0 radical (unpaired) electrons.